The van der Waals surface area contributed by atoms with Gasteiger partial charge in [0.25, 0.3) is 5.91 Å². The Bertz CT molecular complexity index is 1000. The topological polar surface area (TPSA) is 49.4 Å². The molecule has 1 heterocycles. The molecule has 0 aliphatic rings. The Morgan fingerprint density at radius 3 is 2.69 bits per heavy atom. The van der Waals surface area contributed by atoms with E-state index in [0.717, 1.165) is 14.7 Å². The number of carbonyl (C=O) groups is 2. The van der Waals surface area contributed by atoms with Gasteiger partial charge in [0, 0.05) is 21.9 Å². The van der Waals surface area contributed by atoms with Crippen molar-refractivity contribution in [2.45, 2.75) is 6.92 Å². The van der Waals surface area contributed by atoms with Crippen LogP contribution in [-0.4, -0.2) is 30.3 Å². The normalized spacial score (nSPS) is 10.8. The molecule has 0 saturated heterocycles. The molecular formula is C19H16BrFN2O2S. The Kier molecular flexibility index (Phi) is 5.38. The SMILES string of the molecule is Cc1cc(Br)ccc1NC(=O)CN(C)C(=O)c1cc2cc(F)ccc2s1. The van der Waals surface area contributed by atoms with Crippen LogP contribution in [0, 0.1) is 12.7 Å². The van der Waals surface area contributed by atoms with Crippen LogP contribution in [0.2, 0.25) is 0 Å². The van der Waals surface area contributed by atoms with Crippen LogP contribution >= 0.6 is 27.3 Å². The van der Waals surface area contributed by atoms with Gasteiger partial charge in [-0.2, -0.15) is 0 Å². The molecule has 0 unspecified atom stereocenters. The first-order valence-corrected chi connectivity index (χ1v) is 9.45. The fourth-order valence-electron chi connectivity index (χ4n) is 2.55. The molecule has 7 heteroatoms. The van der Waals surface area contributed by atoms with Crippen LogP contribution in [-0.2, 0) is 4.79 Å². The van der Waals surface area contributed by atoms with E-state index in [-0.39, 0.29) is 24.2 Å². The molecule has 134 valence electrons. The van der Waals surface area contributed by atoms with Crippen molar-refractivity contribution < 1.29 is 14.0 Å². The summed E-state index contributed by atoms with van der Waals surface area (Å²) in [6.07, 6.45) is 0. The van der Waals surface area contributed by atoms with E-state index in [4.69, 9.17) is 0 Å². The Labute approximate surface area is 162 Å². The zero-order chi connectivity index (χ0) is 18.8. The number of benzene rings is 2. The highest BCUT2D eigenvalue weighted by molar-refractivity contribution is 9.10. The van der Waals surface area contributed by atoms with Gasteiger partial charge < -0.3 is 10.2 Å². The molecule has 26 heavy (non-hydrogen) atoms. The Hall–Kier alpha value is -2.25. The largest absolute Gasteiger partial charge is 0.332 e. The zero-order valence-corrected chi connectivity index (χ0v) is 16.6. The van der Waals surface area contributed by atoms with Crippen molar-refractivity contribution in [2.75, 3.05) is 18.9 Å². The fourth-order valence-corrected chi connectivity index (χ4v) is 4.07. The van der Waals surface area contributed by atoms with Crippen LogP contribution < -0.4 is 5.32 Å². The average Bonchev–Trinajstić information content (AvgIpc) is 2.99. The lowest BCUT2D eigenvalue weighted by Gasteiger charge is -2.16. The second kappa shape index (κ2) is 7.55. The standard InChI is InChI=1S/C19H16BrFN2O2S/c1-11-7-13(20)3-5-15(11)22-18(24)10-23(2)19(25)17-9-12-8-14(21)4-6-16(12)26-17/h3-9H,10H2,1-2H3,(H,22,24). The lowest BCUT2D eigenvalue weighted by molar-refractivity contribution is -0.116. The number of amides is 2. The first-order chi connectivity index (χ1) is 12.3. The minimum Gasteiger partial charge on any atom is -0.332 e. The minimum absolute atomic E-state index is 0.0725. The number of nitrogens with zero attached hydrogens (tertiary/aromatic N) is 1. The van der Waals surface area contributed by atoms with Crippen molar-refractivity contribution in [1.82, 2.24) is 4.90 Å². The van der Waals surface area contributed by atoms with E-state index in [0.29, 0.717) is 16.0 Å². The summed E-state index contributed by atoms with van der Waals surface area (Å²) in [5.74, 6) is -0.889. The van der Waals surface area contributed by atoms with Gasteiger partial charge in [0.05, 0.1) is 11.4 Å². The summed E-state index contributed by atoms with van der Waals surface area (Å²) in [7, 11) is 1.57. The maximum atomic E-state index is 13.3. The third kappa shape index (κ3) is 4.11. The van der Waals surface area contributed by atoms with Crippen LogP contribution in [0.15, 0.2) is 46.9 Å². The van der Waals surface area contributed by atoms with Gasteiger partial charge in [-0.05, 0) is 60.3 Å². The maximum absolute atomic E-state index is 13.3. The highest BCUT2D eigenvalue weighted by Crippen LogP contribution is 2.27. The van der Waals surface area contributed by atoms with Crippen molar-refractivity contribution >= 4 is 54.9 Å². The van der Waals surface area contributed by atoms with E-state index in [2.05, 4.69) is 21.2 Å². The maximum Gasteiger partial charge on any atom is 0.264 e. The number of anilines is 1. The molecule has 0 saturated carbocycles. The highest BCUT2D eigenvalue weighted by atomic mass is 79.9. The first kappa shape index (κ1) is 18.5. The smallest absolute Gasteiger partial charge is 0.264 e. The van der Waals surface area contributed by atoms with Crippen molar-refractivity contribution in [3.8, 4) is 0 Å². The number of thiophene rings is 1. The molecule has 2 amide bonds. The molecular weight excluding hydrogens is 419 g/mol. The Morgan fingerprint density at radius 1 is 1.19 bits per heavy atom. The predicted octanol–water partition coefficient (Wildman–Crippen LogP) is 4.82. The van der Waals surface area contributed by atoms with Crippen molar-refractivity contribution in [1.29, 1.82) is 0 Å². The number of rotatable bonds is 4. The zero-order valence-electron chi connectivity index (χ0n) is 14.2. The number of hydrogen-bond donors (Lipinski definition) is 1. The molecule has 0 aliphatic carbocycles. The number of aryl methyl sites for hydroxylation is 1. The molecule has 1 aromatic heterocycles. The summed E-state index contributed by atoms with van der Waals surface area (Å²) in [6, 6.07) is 11.6. The Balaban J connectivity index is 1.68. The minimum atomic E-state index is -0.341. The average molecular weight is 435 g/mol. The van der Waals surface area contributed by atoms with E-state index < -0.39 is 0 Å². The quantitative estimate of drug-likeness (QED) is 0.639. The molecule has 3 aromatic rings. The molecule has 2 aromatic carbocycles. The van der Waals surface area contributed by atoms with Crippen molar-refractivity contribution in [3.05, 3.63) is 63.2 Å². The number of halogens is 2. The molecule has 0 atom stereocenters. The van der Waals surface area contributed by atoms with Crippen LogP contribution in [0.3, 0.4) is 0 Å². The summed E-state index contributed by atoms with van der Waals surface area (Å²) in [5, 5.41) is 3.49. The van der Waals surface area contributed by atoms with Crippen molar-refractivity contribution in [3.63, 3.8) is 0 Å². The number of likely N-dealkylation sites (N-methyl/N-ethyl adjacent to an activating group) is 1. The molecule has 0 spiro atoms. The van der Waals surface area contributed by atoms with E-state index in [1.54, 1.807) is 25.2 Å². The molecule has 1 N–H and O–H groups in total. The van der Waals surface area contributed by atoms with E-state index in [1.807, 2.05) is 19.1 Å². The summed E-state index contributed by atoms with van der Waals surface area (Å²) >= 11 is 4.66. The van der Waals surface area contributed by atoms with Gasteiger partial charge in [-0.15, -0.1) is 11.3 Å². The second-order valence-corrected chi connectivity index (χ2v) is 7.96. The Morgan fingerprint density at radius 2 is 1.96 bits per heavy atom. The lowest BCUT2D eigenvalue weighted by atomic mass is 10.2. The van der Waals surface area contributed by atoms with Crippen LogP contribution in [0.25, 0.3) is 10.1 Å². The van der Waals surface area contributed by atoms with Gasteiger partial charge >= 0.3 is 0 Å². The molecule has 3 rings (SSSR count). The summed E-state index contributed by atoms with van der Waals surface area (Å²) in [6.45, 7) is 1.82. The third-order valence-corrected chi connectivity index (χ3v) is 5.48. The molecule has 0 aliphatic heterocycles. The number of hydrogen-bond acceptors (Lipinski definition) is 3. The van der Waals surface area contributed by atoms with Crippen LogP contribution in [0.1, 0.15) is 15.2 Å². The predicted molar refractivity (Wildman–Crippen MR) is 106 cm³/mol. The van der Waals surface area contributed by atoms with Gasteiger partial charge in [-0.25, -0.2) is 4.39 Å². The molecule has 0 radical (unpaired) electrons. The van der Waals surface area contributed by atoms with Crippen molar-refractivity contribution in [2.24, 2.45) is 0 Å². The molecule has 4 nitrogen and oxygen atoms in total. The number of nitrogens with one attached hydrogen (secondary N) is 1. The van der Waals surface area contributed by atoms with Gasteiger partial charge in [-0.1, -0.05) is 15.9 Å². The second-order valence-electron chi connectivity index (χ2n) is 5.96. The van der Waals surface area contributed by atoms with E-state index >= 15 is 0 Å². The first-order valence-electron chi connectivity index (χ1n) is 7.84. The number of fused-ring (bicyclic) bond motifs is 1. The highest BCUT2D eigenvalue weighted by Gasteiger charge is 2.18. The monoisotopic (exact) mass is 434 g/mol. The fraction of sp³-hybridized carbons (Fsp3) is 0.158. The lowest BCUT2D eigenvalue weighted by Crippen LogP contribution is -2.34. The van der Waals surface area contributed by atoms with Gasteiger partial charge in [0.1, 0.15) is 5.82 Å². The van der Waals surface area contributed by atoms with Gasteiger partial charge in [-0.3, -0.25) is 9.59 Å². The van der Waals surface area contributed by atoms with Crippen LogP contribution in [0.5, 0.6) is 0 Å². The van der Waals surface area contributed by atoms with Crippen LogP contribution in [0.4, 0.5) is 10.1 Å². The molecule has 0 fully saturated rings. The molecule has 0 bridgehead atoms. The summed E-state index contributed by atoms with van der Waals surface area (Å²) in [4.78, 5) is 26.6. The van der Waals surface area contributed by atoms with E-state index in [9.17, 15) is 14.0 Å². The van der Waals surface area contributed by atoms with E-state index in [1.165, 1.54) is 28.4 Å². The number of carbonyl (C=O) groups excluding carboxylic acids is 2. The van der Waals surface area contributed by atoms with Gasteiger partial charge in [0.2, 0.25) is 5.91 Å². The summed E-state index contributed by atoms with van der Waals surface area (Å²) < 4.78 is 15.1. The summed E-state index contributed by atoms with van der Waals surface area (Å²) in [5.41, 5.74) is 1.63. The third-order valence-electron chi connectivity index (χ3n) is 3.88. The van der Waals surface area contributed by atoms with Gasteiger partial charge in [0.15, 0.2) is 0 Å².